The first-order chi connectivity index (χ1) is 37.0. The van der Waals surface area contributed by atoms with Crippen LogP contribution >= 0.6 is 0 Å². The number of carbonyl (C=O) groups excluding carboxylic acids is 7. The number of phenolic OH excluding ortho intramolecular Hbond substituents is 11. The molecular weight excluding hydrogens is 1080 g/mol. The van der Waals surface area contributed by atoms with Gasteiger partial charge in [-0.3, -0.25) is 9.59 Å². The van der Waals surface area contributed by atoms with E-state index in [-0.39, 0.29) is 0 Å². The van der Waals surface area contributed by atoms with Crippen LogP contribution in [-0.2, 0) is 57.0 Å². The highest BCUT2D eigenvalue weighted by atomic mass is 16.8. The molecule has 2 spiro atoms. The molecule has 1 aliphatic carbocycles. The minimum absolute atomic E-state index is 0.360. The van der Waals surface area contributed by atoms with Gasteiger partial charge in [-0.05, 0) is 42.5 Å². The number of fused-ring (bicyclic) bond motifs is 4. The van der Waals surface area contributed by atoms with Crippen molar-refractivity contribution in [1.29, 1.82) is 0 Å². The monoisotopic (exact) mass is 1110 g/mol. The van der Waals surface area contributed by atoms with Gasteiger partial charge in [0.1, 0.15) is 24.2 Å². The zero-order valence-corrected chi connectivity index (χ0v) is 38.9. The largest absolute Gasteiger partial charge is 0.504 e. The van der Waals surface area contributed by atoms with Gasteiger partial charge in [0.2, 0.25) is 29.5 Å². The number of ether oxygens (including phenoxy) is 10. The van der Waals surface area contributed by atoms with Crippen molar-refractivity contribution < 1.29 is 158 Å². The van der Waals surface area contributed by atoms with Crippen molar-refractivity contribution in [1.82, 2.24) is 0 Å². The third-order valence-corrected chi connectivity index (χ3v) is 14.6. The van der Waals surface area contributed by atoms with E-state index in [1.165, 1.54) is 0 Å². The maximum atomic E-state index is 16.1. The van der Waals surface area contributed by atoms with Crippen LogP contribution in [0.1, 0.15) is 59.3 Å². The van der Waals surface area contributed by atoms with Crippen LogP contribution < -0.4 is 4.74 Å². The highest BCUT2D eigenvalue weighted by molar-refractivity contribution is 6.06. The summed E-state index contributed by atoms with van der Waals surface area (Å²) in [5.41, 5.74) is -12.4. The molecule has 6 fully saturated rings. The van der Waals surface area contributed by atoms with Gasteiger partial charge >= 0.3 is 35.8 Å². The first kappa shape index (κ1) is 51.8. The normalized spacial score (nSPS) is 33.6. The maximum absolute atomic E-state index is 16.1. The van der Waals surface area contributed by atoms with E-state index in [1.54, 1.807) is 0 Å². The third kappa shape index (κ3) is 6.75. The Morgan fingerprint density at radius 3 is 1.68 bits per heavy atom. The second kappa shape index (κ2) is 16.8. The Kier molecular flexibility index (Phi) is 11.0. The number of ketones is 1. The zero-order valence-electron chi connectivity index (χ0n) is 38.9. The minimum atomic E-state index is -4.05. The summed E-state index contributed by atoms with van der Waals surface area (Å²) in [6, 6.07) is 3.49. The van der Waals surface area contributed by atoms with Gasteiger partial charge < -0.3 is 124 Å². The smallest absolute Gasteiger partial charge is 0.346 e. The third-order valence-electron chi connectivity index (χ3n) is 14.6. The Labute approximate surface area is 434 Å². The molecule has 416 valence electrons. The first-order valence-corrected chi connectivity index (χ1v) is 22.7. The maximum Gasteiger partial charge on any atom is 0.346 e. The molecule has 0 radical (unpaired) electrons. The SMILES string of the molecule is O=C(OCC1O[C@@H](OC(=O)c2cc(O)c(O)c(O)c2)C2OC(=O)c3cc(O)c(O)c4c3[C@H]3C(O)(O4)[C@@]4(O)O[C@]5(C(=O)O[C@@H]6C(O)COC65O)[C@]3(CC4=O)C(=O)O[C@H]1[C@H]2OC(=O)c1cc(O)c(O)c(O)c1)c1cc(O)c(O)c(O)c1. The van der Waals surface area contributed by atoms with E-state index >= 15 is 9.59 Å². The molecule has 32 nitrogen and oxygen atoms in total. The van der Waals surface area contributed by atoms with Crippen molar-refractivity contribution in [3.8, 4) is 69.0 Å². The average molecular weight is 1110 g/mol. The fourth-order valence-corrected chi connectivity index (χ4v) is 11.0. The Bertz CT molecular complexity index is 3380. The highest BCUT2D eigenvalue weighted by Gasteiger charge is 2.97. The molecule has 1 saturated carbocycles. The lowest BCUT2D eigenvalue weighted by molar-refractivity contribution is -0.459. The molecule has 13 atom stereocenters. The predicted molar refractivity (Wildman–Crippen MR) is 233 cm³/mol. The number of aliphatic hydroxyl groups is 4. The van der Waals surface area contributed by atoms with Crippen LogP contribution in [0.3, 0.4) is 0 Å². The van der Waals surface area contributed by atoms with E-state index in [2.05, 4.69) is 0 Å². The number of carbonyl (C=O) groups is 7. The van der Waals surface area contributed by atoms with Crippen LogP contribution in [0.25, 0.3) is 0 Å². The lowest BCUT2D eigenvalue weighted by Gasteiger charge is -2.64. The fraction of sp³-hybridized carbons (Fsp3) is 0.340. The van der Waals surface area contributed by atoms with Gasteiger partial charge in [-0.15, -0.1) is 0 Å². The number of benzene rings is 4. The van der Waals surface area contributed by atoms with Gasteiger partial charge in [-0.25, -0.2) is 24.0 Å². The van der Waals surface area contributed by atoms with Gasteiger partial charge in [0, 0.05) is 12.0 Å². The summed E-state index contributed by atoms with van der Waals surface area (Å²) >= 11 is 0. The van der Waals surface area contributed by atoms with Crippen molar-refractivity contribution in [3.63, 3.8) is 0 Å². The summed E-state index contributed by atoms with van der Waals surface area (Å²) in [4.78, 5) is 103. The molecule has 12 rings (SSSR count). The molecule has 4 aromatic rings. The van der Waals surface area contributed by atoms with Crippen molar-refractivity contribution in [3.05, 3.63) is 70.3 Å². The summed E-state index contributed by atoms with van der Waals surface area (Å²) in [6.45, 7) is -2.42. The molecule has 7 aliphatic heterocycles. The van der Waals surface area contributed by atoms with Gasteiger partial charge in [0.25, 0.3) is 11.6 Å². The first-order valence-electron chi connectivity index (χ1n) is 22.7. The molecule has 8 aliphatic rings. The van der Waals surface area contributed by atoms with Crippen LogP contribution in [0, 0.1) is 5.41 Å². The molecule has 32 heteroatoms. The minimum Gasteiger partial charge on any atom is -0.504 e. The molecule has 5 unspecified atom stereocenters. The van der Waals surface area contributed by atoms with Gasteiger partial charge in [0.15, 0.2) is 87.3 Å². The van der Waals surface area contributed by atoms with E-state index in [0.717, 1.165) is 0 Å². The zero-order chi connectivity index (χ0) is 57.1. The number of Topliss-reactive ketones (excluding diaryl/α,β-unsaturated/α-hetero) is 1. The molecule has 15 N–H and O–H groups in total. The van der Waals surface area contributed by atoms with Crippen LogP contribution in [-0.4, -0.2) is 197 Å². The van der Waals surface area contributed by atoms with Crippen molar-refractivity contribution in [2.24, 2.45) is 5.41 Å². The molecule has 0 amide bonds. The summed E-state index contributed by atoms with van der Waals surface area (Å²) in [7, 11) is 0. The van der Waals surface area contributed by atoms with E-state index in [4.69, 9.17) is 47.4 Å². The number of aliphatic hydroxyl groups excluding tert-OH is 1. The van der Waals surface area contributed by atoms with E-state index < -0.39 is 235 Å². The van der Waals surface area contributed by atoms with Gasteiger partial charge in [-0.1, -0.05) is 0 Å². The van der Waals surface area contributed by atoms with Crippen LogP contribution in [0.5, 0.6) is 69.0 Å². The standard InChI is InChI=1S/C47H36O32/c48-15-1-11(2-16(49)26(15)57)36(61)70-10-23-30-32(73-37(62)12-3-17(50)27(58)18(51)4-12)33(40(72-23)77-38(63)13-5-19(52)28(59)20(53)6-13)74-39(64)14-7-21(54)29(60)31-25(14)34-43(41(65)75-30)8-24(56)45(67,46(34,68)78-31)79-44(43)42(66)76-35-22(55)9-71-47(35,44)69/h1-7,22-23,30,32-35,40,48-55,57-60,67-69H,8-10H2/t22?,23?,30-,32-,33?,34-,35-,40+,43+,44-,45+,46?,47?/m1/s1. The summed E-state index contributed by atoms with van der Waals surface area (Å²) in [6.07, 6.45) is -19.5. The van der Waals surface area contributed by atoms with Gasteiger partial charge in [0.05, 0.1) is 34.8 Å². The number of aromatic hydroxyl groups is 11. The van der Waals surface area contributed by atoms with Crippen LogP contribution in [0.4, 0.5) is 0 Å². The Morgan fingerprint density at radius 2 is 1.13 bits per heavy atom. The Balaban J connectivity index is 1.16. The molecule has 5 saturated heterocycles. The predicted octanol–water partition coefficient (Wildman–Crippen LogP) is -2.85. The average Bonchev–Trinajstić information content (AvgIpc) is 1.68. The summed E-state index contributed by atoms with van der Waals surface area (Å²) < 4.78 is 56.7. The summed E-state index contributed by atoms with van der Waals surface area (Å²) in [5, 5.41) is 163. The Morgan fingerprint density at radius 1 is 0.608 bits per heavy atom. The number of hydrogen-bond donors (Lipinski definition) is 15. The molecule has 4 bridgehead atoms. The quantitative estimate of drug-likeness (QED) is 0.0503. The van der Waals surface area contributed by atoms with Gasteiger partial charge in [-0.2, -0.15) is 0 Å². The molecule has 0 aromatic heterocycles. The van der Waals surface area contributed by atoms with Crippen molar-refractivity contribution in [2.75, 3.05) is 13.2 Å². The number of hydrogen-bond acceptors (Lipinski definition) is 32. The number of rotatable bonds is 7. The fourth-order valence-electron chi connectivity index (χ4n) is 11.0. The second-order valence-corrected chi connectivity index (χ2v) is 18.9. The van der Waals surface area contributed by atoms with E-state index in [0.29, 0.717) is 42.5 Å². The van der Waals surface area contributed by atoms with Crippen LogP contribution in [0.2, 0.25) is 0 Å². The molecule has 7 heterocycles. The second-order valence-electron chi connectivity index (χ2n) is 18.9. The molecular formula is C47H36O32. The molecule has 79 heavy (non-hydrogen) atoms. The lowest BCUT2D eigenvalue weighted by atomic mass is 9.47. The number of esters is 6. The highest BCUT2D eigenvalue weighted by Crippen LogP contribution is 2.75. The van der Waals surface area contributed by atoms with E-state index in [1.807, 2.05) is 0 Å². The topological polar surface area (TPSA) is 515 Å². The van der Waals surface area contributed by atoms with E-state index in [9.17, 15) is 101 Å². The lowest BCUT2D eigenvalue weighted by Crippen LogP contribution is -2.88. The summed E-state index contributed by atoms with van der Waals surface area (Å²) in [5.74, 6) is -41.8. The Hall–Kier alpha value is -9.31. The molecule has 4 aromatic carbocycles. The number of phenols is 11. The van der Waals surface area contributed by atoms with Crippen LogP contribution in [0.15, 0.2) is 42.5 Å². The van der Waals surface area contributed by atoms with Crippen molar-refractivity contribution in [2.45, 2.75) is 78.2 Å². The van der Waals surface area contributed by atoms with Crippen molar-refractivity contribution >= 4 is 41.6 Å².